The second-order valence-electron chi connectivity index (χ2n) is 2.70. The molecule has 0 aliphatic heterocycles. The van der Waals surface area contributed by atoms with E-state index in [1.807, 2.05) is 13.8 Å². The molecule has 1 rings (SSSR count). The molecule has 3 heteroatoms. The Morgan fingerprint density at radius 2 is 2.08 bits per heavy atom. The Kier molecular flexibility index (Phi) is 3.60. The van der Waals surface area contributed by atoms with E-state index in [4.69, 9.17) is 4.74 Å². The SMILES string of the molecule is CCOc1cc(Br)c(O)cc1CC. The standard InChI is InChI=1S/C10H13BrO2/c1-3-7-5-9(12)8(11)6-10(7)13-4-2/h5-6,12H,3-4H2,1-2H3. The van der Waals surface area contributed by atoms with Gasteiger partial charge in [-0.2, -0.15) is 0 Å². The number of phenols is 1. The first-order chi connectivity index (χ1) is 6.19. The average molecular weight is 245 g/mol. The number of hydrogen-bond acceptors (Lipinski definition) is 2. The van der Waals surface area contributed by atoms with Crippen molar-refractivity contribution >= 4 is 15.9 Å². The van der Waals surface area contributed by atoms with Crippen molar-refractivity contribution in [2.24, 2.45) is 0 Å². The van der Waals surface area contributed by atoms with Gasteiger partial charge in [-0.3, -0.25) is 0 Å². The van der Waals surface area contributed by atoms with Crippen LogP contribution in [0.4, 0.5) is 0 Å². The minimum absolute atomic E-state index is 0.264. The Morgan fingerprint density at radius 1 is 1.38 bits per heavy atom. The molecule has 0 aliphatic rings. The maximum Gasteiger partial charge on any atom is 0.130 e. The van der Waals surface area contributed by atoms with Gasteiger partial charge in [0.2, 0.25) is 0 Å². The summed E-state index contributed by atoms with van der Waals surface area (Å²) in [7, 11) is 0. The first-order valence-electron chi connectivity index (χ1n) is 4.33. The van der Waals surface area contributed by atoms with Gasteiger partial charge in [-0.05, 0) is 47.0 Å². The summed E-state index contributed by atoms with van der Waals surface area (Å²) < 4.78 is 6.10. The lowest BCUT2D eigenvalue weighted by Gasteiger charge is -2.10. The van der Waals surface area contributed by atoms with Crippen LogP contribution < -0.4 is 4.74 Å². The highest BCUT2D eigenvalue weighted by Crippen LogP contribution is 2.32. The van der Waals surface area contributed by atoms with Crippen molar-refractivity contribution in [2.75, 3.05) is 6.61 Å². The minimum atomic E-state index is 0.264. The van der Waals surface area contributed by atoms with Gasteiger partial charge in [0, 0.05) is 0 Å². The number of benzene rings is 1. The number of ether oxygens (including phenoxy) is 1. The molecule has 0 spiro atoms. The molecule has 0 atom stereocenters. The van der Waals surface area contributed by atoms with Crippen LogP contribution in [0.2, 0.25) is 0 Å². The van der Waals surface area contributed by atoms with Gasteiger partial charge in [0.05, 0.1) is 11.1 Å². The van der Waals surface area contributed by atoms with E-state index in [1.165, 1.54) is 0 Å². The second-order valence-corrected chi connectivity index (χ2v) is 3.55. The smallest absolute Gasteiger partial charge is 0.130 e. The molecule has 0 amide bonds. The van der Waals surface area contributed by atoms with Crippen LogP contribution in [0, 0.1) is 0 Å². The monoisotopic (exact) mass is 244 g/mol. The molecular formula is C10H13BrO2. The third-order valence-corrected chi connectivity index (χ3v) is 2.45. The fourth-order valence-electron chi connectivity index (χ4n) is 1.15. The Hall–Kier alpha value is -0.700. The molecule has 1 N–H and O–H groups in total. The molecule has 0 saturated heterocycles. The van der Waals surface area contributed by atoms with E-state index >= 15 is 0 Å². The molecule has 72 valence electrons. The van der Waals surface area contributed by atoms with E-state index < -0.39 is 0 Å². The number of halogens is 1. The van der Waals surface area contributed by atoms with Gasteiger partial charge in [-0.25, -0.2) is 0 Å². The topological polar surface area (TPSA) is 29.5 Å². The van der Waals surface area contributed by atoms with Gasteiger partial charge < -0.3 is 9.84 Å². The molecule has 0 fully saturated rings. The minimum Gasteiger partial charge on any atom is -0.507 e. The summed E-state index contributed by atoms with van der Waals surface area (Å²) >= 11 is 3.25. The van der Waals surface area contributed by atoms with Crippen LogP contribution in [0.1, 0.15) is 19.4 Å². The predicted octanol–water partition coefficient (Wildman–Crippen LogP) is 3.12. The Bertz CT molecular complexity index is 297. The molecule has 0 bridgehead atoms. The highest BCUT2D eigenvalue weighted by molar-refractivity contribution is 9.10. The first kappa shape index (κ1) is 10.4. The van der Waals surface area contributed by atoms with E-state index in [0.717, 1.165) is 17.7 Å². The molecule has 2 nitrogen and oxygen atoms in total. The molecule has 1 aromatic carbocycles. The van der Waals surface area contributed by atoms with E-state index in [0.29, 0.717) is 11.1 Å². The van der Waals surface area contributed by atoms with Gasteiger partial charge >= 0.3 is 0 Å². The van der Waals surface area contributed by atoms with Crippen LogP contribution in [0.5, 0.6) is 11.5 Å². The zero-order valence-corrected chi connectivity index (χ0v) is 9.39. The fourth-order valence-corrected chi connectivity index (χ4v) is 1.48. The van der Waals surface area contributed by atoms with Gasteiger partial charge in [-0.15, -0.1) is 0 Å². The summed E-state index contributed by atoms with van der Waals surface area (Å²) in [5, 5.41) is 9.42. The van der Waals surface area contributed by atoms with Crippen molar-refractivity contribution in [1.82, 2.24) is 0 Å². The predicted molar refractivity (Wildman–Crippen MR) is 56.4 cm³/mol. The van der Waals surface area contributed by atoms with E-state index in [2.05, 4.69) is 15.9 Å². The third kappa shape index (κ3) is 2.37. The van der Waals surface area contributed by atoms with Gasteiger partial charge in [0.25, 0.3) is 0 Å². The first-order valence-corrected chi connectivity index (χ1v) is 5.12. The summed E-state index contributed by atoms with van der Waals surface area (Å²) in [4.78, 5) is 0. The molecule has 0 radical (unpaired) electrons. The maximum absolute atomic E-state index is 9.42. The summed E-state index contributed by atoms with van der Waals surface area (Å²) in [5.74, 6) is 1.11. The largest absolute Gasteiger partial charge is 0.507 e. The lowest BCUT2D eigenvalue weighted by molar-refractivity contribution is 0.335. The van der Waals surface area contributed by atoms with E-state index in [-0.39, 0.29) is 5.75 Å². The van der Waals surface area contributed by atoms with Crippen molar-refractivity contribution in [3.63, 3.8) is 0 Å². The quantitative estimate of drug-likeness (QED) is 0.886. The van der Waals surface area contributed by atoms with E-state index in [9.17, 15) is 5.11 Å². The van der Waals surface area contributed by atoms with Crippen molar-refractivity contribution < 1.29 is 9.84 Å². The Labute approximate surface area is 86.7 Å². The number of aryl methyl sites for hydroxylation is 1. The van der Waals surface area contributed by atoms with Crippen molar-refractivity contribution in [1.29, 1.82) is 0 Å². The number of rotatable bonds is 3. The van der Waals surface area contributed by atoms with Crippen molar-refractivity contribution in [3.05, 3.63) is 22.2 Å². The molecule has 0 unspecified atom stereocenters. The summed E-state index contributed by atoms with van der Waals surface area (Å²) in [5.41, 5.74) is 1.03. The van der Waals surface area contributed by atoms with Crippen LogP contribution in [-0.2, 0) is 6.42 Å². The number of phenolic OH excluding ortho intramolecular Hbond substituents is 1. The molecule has 1 aromatic rings. The normalized spacial score (nSPS) is 10.1. The molecule has 0 saturated carbocycles. The summed E-state index contributed by atoms with van der Waals surface area (Å²) in [6.45, 7) is 4.62. The Balaban J connectivity index is 3.09. The molecule has 0 heterocycles. The van der Waals surface area contributed by atoms with Crippen LogP contribution in [0.25, 0.3) is 0 Å². The summed E-state index contributed by atoms with van der Waals surface area (Å²) in [6.07, 6.45) is 0.857. The highest BCUT2D eigenvalue weighted by Gasteiger charge is 2.06. The summed E-state index contributed by atoms with van der Waals surface area (Å²) in [6, 6.07) is 3.53. The van der Waals surface area contributed by atoms with Gasteiger partial charge in [0.15, 0.2) is 0 Å². The molecule has 0 aromatic heterocycles. The average Bonchev–Trinajstić information content (AvgIpc) is 2.11. The highest BCUT2D eigenvalue weighted by atomic mass is 79.9. The number of hydrogen-bond donors (Lipinski definition) is 1. The van der Waals surface area contributed by atoms with Gasteiger partial charge in [-0.1, -0.05) is 6.92 Å². The number of aromatic hydroxyl groups is 1. The lowest BCUT2D eigenvalue weighted by atomic mass is 10.1. The van der Waals surface area contributed by atoms with Crippen molar-refractivity contribution in [2.45, 2.75) is 20.3 Å². The van der Waals surface area contributed by atoms with Crippen LogP contribution in [0.15, 0.2) is 16.6 Å². The van der Waals surface area contributed by atoms with Crippen LogP contribution >= 0.6 is 15.9 Å². The molecule has 13 heavy (non-hydrogen) atoms. The third-order valence-electron chi connectivity index (χ3n) is 1.81. The van der Waals surface area contributed by atoms with Crippen LogP contribution in [0.3, 0.4) is 0 Å². The second kappa shape index (κ2) is 4.51. The molecule has 0 aliphatic carbocycles. The zero-order chi connectivity index (χ0) is 9.84. The maximum atomic E-state index is 9.42. The Morgan fingerprint density at radius 3 is 2.62 bits per heavy atom. The fraction of sp³-hybridized carbons (Fsp3) is 0.400. The van der Waals surface area contributed by atoms with E-state index in [1.54, 1.807) is 12.1 Å². The zero-order valence-electron chi connectivity index (χ0n) is 7.80. The van der Waals surface area contributed by atoms with Gasteiger partial charge in [0.1, 0.15) is 11.5 Å². The van der Waals surface area contributed by atoms with Crippen molar-refractivity contribution in [3.8, 4) is 11.5 Å². The van der Waals surface area contributed by atoms with Crippen LogP contribution in [-0.4, -0.2) is 11.7 Å². The lowest BCUT2D eigenvalue weighted by Crippen LogP contribution is -1.95. The molecular weight excluding hydrogens is 232 g/mol.